The summed E-state index contributed by atoms with van der Waals surface area (Å²) in [5, 5.41) is 0. The summed E-state index contributed by atoms with van der Waals surface area (Å²) in [6.45, 7) is 13.0. The molecule has 1 aromatic rings. The number of hydrogen-bond donors (Lipinski definition) is 0. The Hall–Kier alpha value is -0.993. The van der Waals surface area contributed by atoms with E-state index in [-0.39, 0.29) is 16.3 Å². The zero-order chi connectivity index (χ0) is 17.9. The molecule has 0 aromatic heterocycles. The summed E-state index contributed by atoms with van der Waals surface area (Å²) in [5.74, 6) is 1.15. The van der Waals surface area contributed by atoms with Crippen molar-refractivity contribution in [3.63, 3.8) is 0 Å². The highest BCUT2D eigenvalue weighted by Gasteiger charge is 2.41. The summed E-state index contributed by atoms with van der Waals surface area (Å²) in [6.07, 6.45) is 0.193. The maximum Gasteiger partial charge on any atom is 0.156 e. The third-order valence-corrected chi connectivity index (χ3v) is 11.5. The number of aldehydes is 1. The molecular formula is C18H23BrF2OSi. The molecular weight excluding hydrogens is 378 g/mol. The number of carbonyl (C=O) groups excluding carboxylic acids is 1. The second-order valence-electron chi connectivity index (χ2n) is 6.71. The molecule has 0 fully saturated rings. The first kappa shape index (κ1) is 20.1. The Balaban J connectivity index is 3.56. The summed E-state index contributed by atoms with van der Waals surface area (Å²) >= 11 is 3.02. The van der Waals surface area contributed by atoms with E-state index in [0.29, 0.717) is 16.6 Å². The van der Waals surface area contributed by atoms with E-state index in [9.17, 15) is 13.6 Å². The van der Waals surface area contributed by atoms with Crippen molar-refractivity contribution in [1.29, 1.82) is 0 Å². The highest BCUT2D eigenvalue weighted by Crippen LogP contribution is 2.40. The molecule has 0 radical (unpaired) electrons. The first-order valence-electron chi connectivity index (χ1n) is 7.75. The third kappa shape index (κ3) is 3.75. The van der Waals surface area contributed by atoms with Gasteiger partial charge in [0.1, 0.15) is 8.07 Å². The molecule has 23 heavy (non-hydrogen) atoms. The molecule has 1 aromatic carbocycles. The molecule has 5 heteroatoms. The van der Waals surface area contributed by atoms with E-state index in [2.05, 4.69) is 68.9 Å². The van der Waals surface area contributed by atoms with Gasteiger partial charge in [-0.3, -0.25) is 4.79 Å². The van der Waals surface area contributed by atoms with Crippen molar-refractivity contribution in [2.75, 3.05) is 0 Å². The minimum absolute atomic E-state index is 0.0520. The van der Waals surface area contributed by atoms with Gasteiger partial charge in [-0.2, -0.15) is 0 Å². The lowest BCUT2D eigenvalue weighted by atomic mass is 10.1. The van der Waals surface area contributed by atoms with Gasteiger partial charge in [0.05, 0.1) is 15.6 Å². The fourth-order valence-corrected chi connectivity index (χ4v) is 9.09. The van der Waals surface area contributed by atoms with Gasteiger partial charge in [0.15, 0.2) is 17.9 Å². The largest absolute Gasteiger partial charge is 0.298 e. The van der Waals surface area contributed by atoms with Crippen molar-refractivity contribution in [3.8, 4) is 11.5 Å². The van der Waals surface area contributed by atoms with Crippen molar-refractivity contribution in [1.82, 2.24) is 0 Å². The SMILES string of the molecule is CC(C)[Si](C#Cc1cc(Br)c(F)c(C=O)c1F)(C(C)C)C(C)C. The van der Waals surface area contributed by atoms with Gasteiger partial charge >= 0.3 is 0 Å². The number of halogens is 3. The topological polar surface area (TPSA) is 17.1 Å². The first-order chi connectivity index (χ1) is 10.6. The van der Waals surface area contributed by atoms with Gasteiger partial charge in [0.25, 0.3) is 0 Å². The molecule has 0 amide bonds. The van der Waals surface area contributed by atoms with Crippen LogP contribution in [0.5, 0.6) is 0 Å². The Kier molecular flexibility index (Phi) is 6.73. The van der Waals surface area contributed by atoms with Crippen molar-refractivity contribution >= 4 is 30.3 Å². The van der Waals surface area contributed by atoms with Gasteiger partial charge in [-0.25, -0.2) is 8.78 Å². The Morgan fingerprint density at radius 1 is 1.04 bits per heavy atom. The summed E-state index contributed by atoms with van der Waals surface area (Å²) in [4.78, 5) is 10.9. The van der Waals surface area contributed by atoms with Crippen molar-refractivity contribution < 1.29 is 13.6 Å². The Morgan fingerprint density at radius 3 is 1.91 bits per heavy atom. The van der Waals surface area contributed by atoms with E-state index in [0.717, 1.165) is 0 Å². The molecule has 0 heterocycles. The predicted octanol–water partition coefficient (Wildman–Crippen LogP) is 6.11. The Labute approximate surface area is 147 Å². The molecule has 1 rings (SSSR count). The van der Waals surface area contributed by atoms with Gasteiger partial charge in [0, 0.05) is 0 Å². The van der Waals surface area contributed by atoms with Crippen LogP contribution in [0.4, 0.5) is 8.78 Å². The van der Waals surface area contributed by atoms with E-state index in [1.165, 1.54) is 6.07 Å². The van der Waals surface area contributed by atoms with Crippen molar-refractivity contribution in [2.24, 2.45) is 0 Å². The fraction of sp³-hybridized carbons (Fsp3) is 0.500. The second-order valence-corrected chi connectivity index (χ2v) is 13.1. The standard InChI is InChI=1S/C18H23BrF2OSi/c1-11(2)23(12(3)4,13(5)6)8-7-14-9-16(19)18(21)15(10-22)17(14)20/h9-13H,1-6H3. The maximum absolute atomic E-state index is 14.3. The van der Waals surface area contributed by atoms with E-state index in [4.69, 9.17) is 0 Å². The average Bonchev–Trinajstić information content (AvgIpc) is 2.44. The minimum Gasteiger partial charge on any atom is -0.298 e. The van der Waals surface area contributed by atoms with Gasteiger partial charge in [-0.05, 0) is 38.6 Å². The minimum atomic E-state index is -2.02. The predicted molar refractivity (Wildman–Crippen MR) is 97.4 cm³/mol. The van der Waals surface area contributed by atoms with Crippen LogP contribution < -0.4 is 0 Å². The highest BCUT2D eigenvalue weighted by atomic mass is 79.9. The molecule has 1 nitrogen and oxygen atoms in total. The number of carbonyl (C=O) groups is 1. The lowest BCUT2D eigenvalue weighted by Crippen LogP contribution is -2.43. The Bertz CT molecular complexity index is 635. The van der Waals surface area contributed by atoms with Gasteiger partial charge in [-0.15, -0.1) is 5.54 Å². The lowest BCUT2D eigenvalue weighted by molar-refractivity contribution is 0.111. The molecule has 0 saturated carbocycles. The van der Waals surface area contributed by atoms with Crippen LogP contribution in [0.1, 0.15) is 57.5 Å². The third-order valence-electron chi connectivity index (χ3n) is 4.59. The molecule has 0 saturated heterocycles. The van der Waals surface area contributed by atoms with Gasteiger partial charge in [-0.1, -0.05) is 47.5 Å². The Morgan fingerprint density at radius 2 is 1.52 bits per heavy atom. The van der Waals surface area contributed by atoms with Crippen LogP contribution >= 0.6 is 15.9 Å². The molecule has 0 bridgehead atoms. The fourth-order valence-electron chi connectivity index (χ4n) is 3.43. The zero-order valence-electron chi connectivity index (χ0n) is 14.4. The summed E-state index contributed by atoms with van der Waals surface area (Å²) in [5.41, 5.74) is 4.10. The lowest BCUT2D eigenvalue weighted by Gasteiger charge is -2.38. The van der Waals surface area contributed by atoms with E-state index >= 15 is 0 Å². The number of rotatable bonds is 4. The van der Waals surface area contributed by atoms with Crippen molar-refractivity contribution in [2.45, 2.75) is 58.2 Å². The molecule has 0 atom stereocenters. The van der Waals surface area contributed by atoms with Crippen LogP contribution in [-0.4, -0.2) is 14.4 Å². The summed E-state index contributed by atoms with van der Waals surface area (Å²) in [7, 11) is -2.02. The molecule has 0 spiro atoms. The number of hydrogen-bond acceptors (Lipinski definition) is 1. The average molecular weight is 401 g/mol. The molecule has 0 N–H and O–H groups in total. The highest BCUT2D eigenvalue weighted by molar-refractivity contribution is 9.10. The molecule has 126 valence electrons. The summed E-state index contributed by atoms with van der Waals surface area (Å²) < 4.78 is 28.1. The molecule has 0 unspecified atom stereocenters. The molecule has 0 aliphatic heterocycles. The quantitative estimate of drug-likeness (QED) is 0.258. The van der Waals surface area contributed by atoms with Crippen LogP contribution in [0.2, 0.25) is 16.6 Å². The molecule has 0 aliphatic rings. The van der Waals surface area contributed by atoms with Crippen LogP contribution in [0.25, 0.3) is 0 Å². The van der Waals surface area contributed by atoms with Crippen LogP contribution in [-0.2, 0) is 0 Å². The smallest absolute Gasteiger partial charge is 0.156 e. The second kappa shape index (κ2) is 7.72. The zero-order valence-corrected chi connectivity index (χ0v) is 17.0. The van der Waals surface area contributed by atoms with Gasteiger partial charge in [0.2, 0.25) is 0 Å². The summed E-state index contributed by atoms with van der Waals surface area (Å²) in [6, 6.07) is 1.31. The van der Waals surface area contributed by atoms with Gasteiger partial charge < -0.3 is 0 Å². The monoisotopic (exact) mass is 400 g/mol. The first-order valence-corrected chi connectivity index (χ1v) is 10.8. The molecule has 0 aliphatic carbocycles. The van der Waals surface area contributed by atoms with E-state index in [1.807, 2.05) is 0 Å². The van der Waals surface area contributed by atoms with E-state index in [1.54, 1.807) is 0 Å². The number of benzene rings is 1. The maximum atomic E-state index is 14.3. The normalized spacial score (nSPS) is 11.8. The van der Waals surface area contributed by atoms with Crippen LogP contribution in [0.3, 0.4) is 0 Å². The van der Waals surface area contributed by atoms with Crippen LogP contribution in [0.15, 0.2) is 10.5 Å². The van der Waals surface area contributed by atoms with Crippen LogP contribution in [0, 0.1) is 23.1 Å². The van der Waals surface area contributed by atoms with Crippen molar-refractivity contribution in [3.05, 3.63) is 33.3 Å². The van der Waals surface area contributed by atoms with E-state index < -0.39 is 25.3 Å².